The summed E-state index contributed by atoms with van der Waals surface area (Å²) in [6.45, 7) is 0. The lowest BCUT2D eigenvalue weighted by molar-refractivity contribution is 0.915. The fourth-order valence-electron chi connectivity index (χ4n) is 1.85. The van der Waals surface area contributed by atoms with E-state index in [1.54, 1.807) is 11.3 Å². The maximum absolute atomic E-state index is 9.35. The van der Waals surface area contributed by atoms with Crippen LogP contribution in [0, 0.1) is 11.3 Å². The first kappa shape index (κ1) is 12.9. The molecule has 0 aliphatic heterocycles. The monoisotopic (exact) mass is 297 g/mol. The zero-order chi connectivity index (χ0) is 13.9. The summed E-state index contributed by atoms with van der Waals surface area (Å²) in [5.74, 6) is 0. The second-order valence-corrected chi connectivity index (χ2v) is 6.03. The Morgan fingerprint density at radius 1 is 1.35 bits per heavy atom. The highest BCUT2D eigenvalue weighted by atomic mass is 32.1. The molecule has 0 saturated heterocycles. The quantitative estimate of drug-likeness (QED) is 0.677. The van der Waals surface area contributed by atoms with Crippen LogP contribution in [0.1, 0.15) is 10.7 Å². The van der Waals surface area contributed by atoms with Gasteiger partial charge in [0.25, 0.3) is 0 Å². The van der Waals surface area contributed by atoms with Crippen LogP contribution < -0.4 is 0 Å². The number of aryl methyl sites for hydroxylation is 1. The molecule has 20 heavy (non-hydrogen) atoms. The summed E-state index contributed by atoms with van der Waals surface area (Å²) in [7, 11) is 1.96. The molecule has 3 aromatic rings. The van der Waals surface area contributed by atoms with Crippen molar-refractivity contribution in [3.8, 4) is 16.6 Å². The van der Waals surface area contributed by atoms with Crippen molar-refractivity contribution in [1.82, 2.24) is 9.55 Å². The first-order chi connectivity index (χ1) is 9.78. The number of nitriles is 1. The minimum Gasteiger partial charge on any atom is -0.351 e. The van der Waals surface area contributed by atoms with Crippen molar-refractivity contribution < 1.29 is 0 Å². The average molecular weight is 297 g/mol. The van der Waals surface area contributed by atoms with Gasteiger partial charge in [-0.1, -0.05) is 6.07 Å². The van der Waals surface area contributed by atoms with Gasteiger partial charge in [0.15, 0.2) is 0 Å². The van der Waals surface area contributed by atoms with E-state index >= 15 is 0 Å². The average Bonchev–Trinajstić information content (AvgIpc) is 3.17. The van der Waals surface area contributed by atoms with Crippen molar-refractivity contribution in [2.75, 3.05) is 0 Å². The number of thiophene rings is 1. The van der Waals surface area contributed by atoms with Gasteiger partial charge >= 0.3 is 0 Å². The van der Waals surface area contributed by atoms with Crippen LogP contribution in [-0.2, 0) is 7.05 Å². The molecule has 0 aliphatic carbocycles. The van der Waals surface area contributed by atoms with Crippen LogP contribution in [0.3, 0.4) is 0 Å². The van der Waals surface area contributed by atoms with E-state index in [-0.39, 0.29) is 0 Å². The molecule has 0 spiro atoms. The minimum absolute atomic E-state index is 0.597. The maximum atomic E-state index is 9.35. The smallest absolute Gasteiger partial charge is 0.134 e. The molecule has 5 heteroatoms. The molecule has 3 heterocycles. The first-order valence-electron chi connectivity index (χ1n) is 6.01. The number of rotatable bonds is 3. The van der Waals surface area contributed by atoms with Crippen LogP contribution in [0.25, 0.3) is 22.2 Å². The van der Waals surface area contributed by atoms with Crippen molar-refractivity contribution >= 4 is 34.3 Å². The molecule has 0 atom stereocenters. The van der Waals surface area contributed by atoms with Gasteiger partial charge < -0.3 is 4.57 Å². The predicted molar refractivity (Wildman–Crippen MR) is 84.3 cm³/mol. The third-order valence-corrected chi connectivity index (χ3v) is 4.67. The minimum atomic E-state index is 0.597. The Kier molecular flexibility index (Phi) is 3.50. The van der Waals surface area contributed by atoms with Gasteiger partial charge in [-0.15, -0.1) is 22.7 Å². The predicted octanol–water partition coefficient (Wildman–Crippen LogP) is 4.27. The molecule has 3 nitrogen and oxygen atoms in total. The van der Waals surface area contributed by atoms with Crippen LogP contribution in [0.15, 0.2) is 41.2 Å². The van der Waals surface area contributed by atoms with Crippen molar-refractivity contribution in [3.63, 3.8) is 0 Å². The molecule has 0 radical (unpaired) electrons. The topological polar surface area (TPSA) is 41.6 Å². The van der Waals surface area contributed by atoms with Crippen molar-refractivity contribution in [1.29, 1.82) is 5.26 Å². The second-order valence-electron chi connectivity index (χ2n) is 4.23. The van der Waals surface area contributed by atoms with Gasteiger partial charge in [-0.2, -0.15) is 5.26 Å². The highest BCUT2D eigenvalue weighted by molar-refractivity contribution is 7.14. The van der Waals surface area contributed by atoms with E-state index in [1.165, 1.54) is 11.3 Å². The Hall–Kier alpha value is -2.16. The molecular weight excluding hydrogens is 286 g/mol. The number of aromatic nitrogens is 2. The van der Waals surface area contributed by atoms with E-state index in [0.717, 1.165) is 21.3 Å². The van der Waals surface area contributed by atoms with Crippen LogP contribution >= 0.6 is 22.7 Å². The molecule has 0 saturated carbocycles. The Morgan fingerprint density at radius 2 is 2.25 bits per heavy atom. The summed E-state index contributed by atoms with van der Waals surface area (Å²) in [4.78, 5) is 5.69. The summed E-state index contributed by atoms with van der Waals surface area (Å²) >= 11 is 3.16. The summed E-state index contributed by atoms with van der Waals surface area (Å²) in [6.07, 6.45) is 3.83. The fraction of sp³-hybridized carbons (Fsp3) is 0.0667. The van der Waals surface area contributed by atoms with Gasteiger partial charge in [0.05, 0.1) is 16.1 Å². The summed E-state index contributed by atoms with van der Waals surface area (Å²) in [6, 6.07) is 10.2. The van der Waals surface area contributed by atoms with E-state index in [4.69, 9.17) is 0 Å². The lowest BCUT2D eigenvalue weighted by Gasteiger charge is -1.97. The van der Waals surface area contributed by atoms with Gasteiger partial charge in [-0.25, -0.2) is 4.98 Å². The fourth-order valence-corrected chi connectivity index (χ4v) is 3.40. The molecular formula is C15H11N3S2. The lowest BCUT2D eigenvalue weighted by atomic mass is 10.2. The molecule has 0 N–H and O–H groups in total. The van der Waals surface area contributed by atoms with E-state index in [9.17, 15) is 5.26 Å². The summed E-state index contributed by atoms with van der Waals surface area (Å²) in [5.41, 5.74) is 2.53. The zero-order valence-corrected chi connectivity index (χ0v) is 12.4. The molecule has 0 amide bonds. The first-order valence-corrected chi connectivity index (χ1v) is 7.77. The van der Waals surface area contributed by atoms with Crippen molar-refractivity contribution in [2.24, 2.45) is 7.05 Å². The van der Waals surface area contributed by atoms with E-state index in [2.05, 4.69) is 11.1 Å². The van der Waals surface area contributed by atoms with Gasteiger partial charge in [0, 0.05) is 24.3 Å². The standard InChI is InChI=1S/C15H11N3S2/c1-18-6-2-4-12(18)8-11(9-16)15-17-13(10-20-15)14-5-3-7-19-14/h2-8,10H,1H3/b11-8+. The second kappa shape index (κ2) is 5.45. The molecule has 98 valence electrons. The third-order valence-electron chi connectivity index (χ3n) is 2.90. The number of nitrogens with zero attached hydrogens (tertiary/aromatic N) is 3. The SMILES string of the molecule is Cn1cccc1/C=C(\C#N)c1nc(-c2cccs2)cs1. The van der Waals surface area contributed by atoms with Gasteiger partial charge in [0.1, 0.15) is 11.1 Å². The van der Waals surface area contributed by atoms with Gasteiger partial charge in [0.2, 0.25) is 0 Å². The van der Waals surface area contributed by atoms with Crippen LogP contribution in [0.2, 0.25) is 0 Å². The maximum Gasteiger partial charge on any atom is 0.134 e. The van der Waals surface area contributed by atoms with Crippen molar-refractivity contribution in [2.45, 2.75) is 0 Å². The molecule has 0 aliphatic rings. The summed E-state index contributed by atoms with van der Waals surface area (Å²) < 4.78 is 1.98. The largest absolute Gasteiger partial charge is 0.351 e. The third kappa shape index (κ3) is 2.44. The van der Waals surface area contributed by atoms with Crippen LogP contribution in [0.4, 0.5) is 0 Å². The number of allylic oxidation sites excluding steroid dienone is 1. The molecule has 0 fully saturated rings. The summed E-state index contributed by atoms with van der Waals surface area (Å²) in [5, 5.41) is 14.1. The van der Waals surface area contributed by atoms with Gasteiger partial charge in [-0.3, -0.25) is 0 Å². The normalized spacial score (nSPS) is 11.5. The van der Waals surface area contributed by atoms with Crippen molar-refractivity contribution in [3.05, 3.63) is 51.9 Å². The Balaban J connectivity index is 1.97. The lowest BCUT2D eigenvalue weighted by Crippen LogP contribution is -1.89. The Bertz CT molecular complexity index is 785. The molecule has 0 bridgehead atoms. The highest BCUT2D eigenvalue weighted by Gasteiger charge is 2.10. The molecule has 3 aromatic heterocycles. The highest BCUT2D eigenvalue weighted by Crippen LogP contribution is 2.29. The van der Waals surface area contributed by atoms with E-state index in [0.29, 0.717) is 5.57 Å². The van der Waals surface area contributed by atoms with Gasteiger partial charge in [-0.05, 0) is 29.7 Å². The number of hydrogen-bond acceptors (Lipinski definition) is 4. The molecule has 0 aromatic carbocycles. The van der Waals surface area contributed by atoms with Crippen LogP contribution in [-0.4, -0.2) is 9.55 Å². The van der Waals surface area contributed by atoms with E-state index < -0.39 is 0 Å². The number of hydrogen-bond donors (Lipinski definition) is 0. The number of thiazole rings is 1. The van der Waals surface area contributed by atoms with E-state index in [1.807, 2.05) is 58.9 Å². The Morgan fingerprint density at radius 3 is 2.90 bits per heavy atom. The molecule has 0 unspecified atom stereocenters. The zero-order valence-electron chi connectivity index (χ0n) is 10.8. The Labute approximate surface area is 125 Å². The van der Waals surface area contributed by atoms with Crippen LogP contribution in [0.5, 0.6) is 0 Å². The molecule has 3 rings (SSSR count).